The number of fused-ring (bicyclic) bond motifs is 5. The lowest BCUT2D eigenvalue weighted by Crippen LogP contribution is -2.51. The number of alkyl carbamates (subject to hydrolysis) is 1. The molecule has 0 radical (unpaired) electrons. The van der Waals surface area contributed by atoms with Gasteiger partial charge in [0.2, 0.25) is 0 Å². The molecule has 3 aromatic rings. The molecule has 350 valence electrons. The number of aliphatic hydroxyl groups is 1. The highest BCUT2D eigenvalue weighted by Crippen LogP contribution is 2.67. The average molecular weight is 876 g/mol. The lowest BCUT2D eigenvalue weighted by molar-refractivity contribution is -0.0581. The topological polar surface area (TPSA) is 86.2 Å². The van der Waals surface area contributed by atoms with Gasteiger partial charge in [0.15, 0.2) is 0 Å². The van der Waals surface area contributed by atoms with Crippen LogP contribution < -0.4 is 14.8 Å². The summed E-state index contributed by atoms with van der Waals surface area (Å²) in [4.78, 5) is 13.0. The first-order valence-corrected chi connectivity index (χ1v) is 25.2. The van der Waals surface area contributed by atoms with E-state index in [2.05, 4.69) is 58.1 Å². The second kappa shape index (κ2) is 21.7. The predicted octanol–water partition coefficient (Wildman–Crippen LogP) is 13.5. The molecule has 7 rings (SSSR count). The van der Waals surface area contributed by atoms with Gasteiger partial charge in [0.05, 0.1) is 26.9 Å². The van der Waals surface area contributed by atoms with Crippen molar-refractivity contribution in [1.29, 1.82) is 0 Å². The second-order valence-corrected chi connectivity index (χ2v) is 21.1. The van der Waals surface area contributed by atoms with Gasteiger partial charge in [0.1, 0.15) is 23.2 Å². The lowest BCUT2D eigenvalue weighted by atomic mass is 9.47. The molecule has 0 aliphatic heterocycles. The van der Waals surface area contributed by atoms with Crippen LogP contribution in [0.3, 0.4) is 0 Å². The maximum absolute atomic E-state index is 13.0. The van der Waals surface area contributed by atoms with E-state index in [9.17, 15) is 9.90 Å². The number of benzene rings is 3. The van der Waals surface area contributed by atoms with Crippen molar-refractivity contribution in [3.8, 4) is 11.5 Å². The van der Waals surface area contributed by atoms with Gasteiger partial charge in [0.25, 0.3) is 0 Å². The van der Waals surface area contributed by atoms with Gasteiger partial charge in [-0.3, -0.25) is 0 Å². The van der Waals surface area contributed by atoms with Crippen LogP contribution in [0.2, 0.25) is 0 Å². The zero-order chi connectivity index (χ0) is 45.3. The third-order valence-electron chi connectivity index (χ3n) is 17.0. The molecule has 1 amide bonds. The zero-order valence-corrected chi connectivity index (χ0v) is 40.4. The molecule has 7 nitrogen and oxygen atoms in total. The summed E-state index contributed by atoms with van der Waals surface area (Å²) in [5.74, 6) is 6.51. The van der Waals surface area contributed by atoms with Crippen LogP contribution in [-0.4, -0.2) is 50.8 Å². The number of aliphatic hydroxyl groups excluding tert-OH is 1. The summed E-state index contributed by atoms with van der Waals surface area (Å²) in [6.45, 7) is 13.5. The fraction of sp³-hybridized carbons (Fsp3) is 0.632. The molecule has 0 aromatic heterocycles. The SMILES string of the molecule is COc1ccc(C(OCCC(O)CCCCCNC(=O)O[C@@H]2CCC3(C)C(=CCC4C3CC[C@]3(C)C4CC[C@H]3[C@@H](C)CCCC(C)C)C2)(c2ccccc2)c2ccc(OC)cc2)cc1. The van der Waals surface area contributed by atoms with Crippen LogP contribution in [0.1, 0.15) is 154 Å². The van der Waals surface area contributed by atoms with E-state index in [1.54, 1.807) is 19.8 Å². The van der Waals surface area contributed by atoms with Crippen molar-refractivity contribution in [3.05, 3.63) is 107 Å². The van der Waals surface area contributed by atoms with E-state index in [0.717, 1.165) is 102 Å². The van der Waals surface area contributed by atoms with E-state index >= 15 is 0 Å². The molecule has 3 fully saturated rings. The molecule has 7 heteroatoms. The molecule has 64 heavy (non-hydrogen) atoms. The first-order chi connectivity index (χ1) is 30.9. The first kappa shape index (κ1) is 48.1. The summed E-state index contributed by atoms with van der Waals surface area (Å²) in [7, 11) is 3.34. The predicted molar refractivity (Wildman–Crippen MR) is 259 cm³/mol. The highest BCUT2D eigenvalue weighted by atomic mass is 16.6. The molecular formula is C57H81NO6. The minimum Gasteiger partial charge on any atom is -0.497 e. The largest absolute Gasteiger partial charge is 0.497 e. The quantitative estimate of drug-likeness (QED) is 0.0630. The fourth-order valence-electron chi connectivity index (χ4n) is 13.4. The van der Waals surface area contributed by atoms with Gasteiger partial charge in [0, 0.05) is 13.0 Å². The Labute approximate surface area is 386 Å². The van der Waals surface area contributed by atoms with Crippen LogP contribution in [0, 0.1) is 46.3 Å². The number of allylic oxidation sites excluding steroid dienone is 1. The molecule has 0 bridgehead atoms. The van der Waals surface area contributed by atoms with E-state index < -0.39 is 11.7 Å². The number of hydrogen-bond donors (Lipinski definition) is 2. The van der Waals surface area contributed by atoms with Crippen LogP contribution in [0.25, 0.3) is 0 Å². The Morgan fingerprint density at radius 1 is 0.750 bits per heavy atom. The molecule has 0 saturated heterocycles. The Morgan fingerprint density at radius 2 is 1.42 bits per heavy atom. The molecule has 9 atom stereocenters. The van der Waals surface area contributed by atoms with E-state index in [1.165, 1.54) is 51.4 Å². The maximum Gasteiger partial charge on any atom is 0.407 e. The summed E-state index contributed by atoms with van der Waals surface area (Å²) >= 11 is 0. The van der Waals surface area contributed by atoms with Crippen molar-refractivity contribution in [2.24, 2.45) is 46.3 Å². The second-order valence-electron chi connectivity index (χ2n) is 21.1. The normalized spacial score (nSPS) is 27.4. The summed E-state index contributed by atoms with van der Waals surface area (Å²) in [5.41, 5.74) is 4.34. The fourth-order valence-corrected chi connectivity index (χ4v) is 13.4. The number of nitrogens with one attached hydrogen (secondary N) is 1. The summed E-state index contributed by atoms with van der Waals surface area (Å²) < 4.78 is 24.0. The van der Waals surface area contributed by atoms with Gasteiger partial charge in [-0.15, -0.1) is 0 Å². The maximum atomic E-state index is 13.0. The van der Waals surface area contributed by atoms with Crippen molar-refractivity contribution >= 4 is 6.09 Å². The first-order valence-electron chi connectivity index (χ1n) is 25.2. The van der Waals surface area contributed by atoms with Crippen LogP contribution in [0.4, 0.5) is 4.79 Å². The third kappa shape index (κ3) is 10.6. The van der Waals surface area contributed by atoms with Gasteiger partial charge >= 0.3 is 6.09 Å². The highest BCUT2D eigenvalue weighted by molar-refractivity contribution is 5.67. The van der Waals surface area contributed by atoms with Crippen LogP contribution in [0.5, 0.6) is 11.5 Å². The molecule has 3 saturated carbocycles. The van der Waals surface area contributed by atoms with Crippen molar-refractivity contribution in [1.82, 2.24) is 5.32 Å². The highest BCUT2D eigenvalue weighted by Gasteiger charge is 2.59. The molecule has 5 unspecified atom stereocenters. The molecule has 0 spiro atoms. The number of carbonyl (C=O) groups is 1. The Kier molecular flexibility index (Phi) is 16.3. The monoisotopic (exact) mass is 876 g/mol. The average Bonchev–Trinajstić information content (AvgIpc) is 3.67. The van der Waals surface area contributed by atoms with Gasteiger partial charge in [-0.05, 0) is 152 Å². The number of ether oxygens (including phenoxy) is 4. The standard InChI is InChI=1S/C57H81NO6/c1-40(2)15-14-16-41(3)51-30-31-52-50-29-24-45-39-49(32-35-55(45,4)53(50)33-36-56(51,52)5)64-54(60)58-37-13-9-12-19-46(59)34-38-63-57(42-17-10-8-11-18-42,43-20-25-47(61-6)26-21-43)44-22-27-48(62-7)28-23-44/h8,10-11,17-18,20-28,40-41,46,49-53,59H,9,12-16,19,29-39H2,1-7H3,(H,58,60)/t41-,46?,49+,50?,51-,52?,53?,55?,56-/m0/s1. The summed E-state index contributed by atoms with van der Waals surface area (Å²) in [6, 6.07) is 26.3. The van der Waals surface area contributed by atoms with Crippen LogP contribution >= 0.6 is 0 Å². The van der Waals surface area contributed by atoms with Crippen molar-refractivity contribution in [2.45, 2.75) is 155 Å². The summed E-state index contributed by atoms with van der Waals surface area (Å²) in [5, 5.41) is 14.1. The lowest BCUT2D eigenvalue weighted by Gasteiger charge is -2.58. The van der Waals surface area contributed by atoms with Crippen LogP contribution in [0.15, 0.2) is 90.5 Å². The van der Waals surface area contributed by atoms with Gasteiger partial charge < -0.3 is 29.4 Å². The number of rotatable bonds is 21. The molecule has 3 aromatic carbocycles. The van der Waals surface area contributed by atoms with Crippen molar-refractivity contribution in [2.75, 3.05) is 27.4 Å². The van der Waals surface area contributed by atoms with Crippen molar-refractivity contribution in [3.63, 3.8) is 0 Å². The zero-order valence-electron chi connectivity index (χ0n) is 40.4. The minimum absolute atomic E-state index is 0.0419. The van der Waals surface area contributed by atoms with Crippen LogP contribution in [-0.2, 0) is 15.1 Å². The molecular weight excluding hydrogens is 795 g/mol. The van der Waals surface area contributed by atoms with E-state index in [4.69, 9.17) is 18.9 Å². The number of methoxy groups -OCH3 is 2. The summed E-state index contributed by atoms with van der Waals surface area (Å²) in [6.07, 6.45) is 19.5. The number of amides is 1. The van der Waals surface area contributed by atoms with Gasteiger partial charge in [-0.25, -0.2) is 4.79 Å². The van der Waals surface area contributed by atoms with Gasteiger partial charge in [-0.1, -0.05) is 133 Å². The van der Waals surface area contributed by atoms with E-state index in [-0.39, 0.29) is 17.6 Å². The minimum atomic E-state index is -0.906. The van der Waals surface area contributed by atoms with Crippen molar-refractivity contribution < 1.29 is 28.8 Å². The molecule has 4 aliphatic carbocycles. The smallest absolute Gasteiger partial charge is 0.407 e. The molecule has 2 N–H and O–H groups in total. The Balaban J connectivity index is 0.841. The molecule has 4 aliphatic rings. The number of hydrogen-bond acceptors (Lipinski definition) is 6. The van der Waals surface area contributed by atoms with E-state index in [1.807, 2.05) is 66.7 Å². The number of unbranched alkanes of at least 4 members (excludes halogenated alkanes) is 2. The number of carbonyl (C=O) groups excluding carboxylic acids is 1. The Hall–Kier alpha value is -3.81. The third-order valence-corrected chi connectivity index (χ3v) is 17.0. The van der Waals surface area contributed by atoms with Gasteiger partial charge in [-0.2, -0.15) is 0 Å². The molecule has 0 heterocycles. The Morgan fingerprint density at radius 3 is 2.08 bits per heavy atom. The van der Waals surface area contributed by atoms with E-state index in [0.29, 0.717) is 31.4 Å². The Bertz CT molecular complexity index is 1900.